The van der Waals surface area contributed by atoms with Crippen LogP contribution < -0.4 is 15.4 Å². The van der Waals surface area contributed by atoms with Crippen LogP contribution in [0.5, 0.6) is 5.75 Å². The molecule has 6 nitrogen and oxygen atoms in total. The van der Waals surface area contributed by atoms with Gasteiger partial charge in [-0.2, -0.15) is 0 Å². The Kier molecular flexibility index (Phi) is 5.76. The predicted octanol–water partition coefficient (Wildman–Crippen LogP) is 1.29. The number of aliphatic carboxylic acids is 1. The molecule has 100 valence electrons. The number of para-hydroxylation sites is 2. The molecule has 0 bridgehead atoms. The van der Waals surface area contributed by atoms with Crippen LogP contribution >= 0.6 is 0 Å². The number of terminal acetylenes is 1. The van der Waals surface area contributed by atoms with Crippen LogP contribution in [0, 0.1) is 12.3 Å². The van der Waals surface area contributed by atoms with E-state index in [0.29, 0.717) is 18.7 Å². The Morgan fingerprint density at radius 2 is 2.11 bits per heavy atom. The number of ether oxygens (including phenoxy) is 1. The lowest BCUT2D eigenvalue weighted by atomic mass is 10.3. The minimum atomic E-state index is -1.09. The average Bonchev–Trinajstić information content (AvgIpc) is 2.38. The Balaban J connectivity index is 2.59. The number of carbonyl (C=O) groups is 2. The average molecular weight is 262 g/mol. The van der Waals surface area contributed by atoms with Gasteiger partial charge in [0.05, 0.1) is 5.69 Å². The fourth-order valence-corrected chi connectivity index (χ4v) is 1.25. The van der Waals surface area contributed by atoms with E-state index in [9.17, 15) is 9.59 Å². The van der Waals surface area contributed by atoms with Crippen LogP contribution in [0.1, 0.15) is 6.42 Å². The van der Waals surface area contributed by atoms with E-state index >= 15 is 0 Å². The van der Waals surface area contributed by atoms with Crippen LogP contribution in [0.3, 0.4) is 0 Å². The molecule has 1 aromatic rings. The van der Waals surface area contributed by atoms with Crippen LogP contribution in [0.4, 0.5) is 10.5 Å². The number of nitrogens with one attached hydrogen (secondary N) is 2. The molecule has 3 N–H and O–H groups in total. The van der Waals surface area contributed by atoms with Crippen LogP contribution in [0.25, 0.3) is 0 Å². The standard InChI is InChI=1S/C13H14N2O4/c1-2-3-8-14-13(18)15-10-6-4-5-7-11(10)19-9-12(16)17/h1,4-7H,3,8-9H2,(H,16,17)(H2,14,15,18). The molecule has 0 saturated heterocycles. The van der Waals surface area contributed by atoms with E-state index in [1.807, 2.05) is 0 Å². The van der Waals surface area contributed by atoms with E-state index in [1.54, 1.807) is 24.3 Å². The smallest absolute Gasteiger partial charge is 0.341 e. The summed E-state index contributed by atoms with van der Waals surface area (Å²) in [6.45, 7) is -0.113. The maximum absolute atomic E-state index is 11.5. The van der Waals surface area contributed by atoms with Crippen LogP contribution in [0.15, 0.2) is 24.3 Å². The van der Waals surface area contributed by atoms with Crippen molar-refractivity contribution in [1.29, 1.82) is 0 Å². The highest BCUT2D eigenvalue weighted by atomic mass is 16.5. The largest absolute Gasteiger partial charge is 0.480 e. The van der Waals surface area contributed by atoms with Crippen molar-refractivity contribution in [1.82, 2.24) is 5.32 Å². The lowest BCUT2D eigenvalue weighted by Gasteiger charge is -2.11. The van der Waals surface area contributed by atoms with Crippen molar-refractivity contribution >= 4 is 17.7 Å². The number of carboxylic acid groups (broad SMARTS) is 1. The second kappa shape index (κ2) is 7.61. The monoisotopic (exact) mass is 262 g/mol. The first-order chi connectivity index (χ1) is 9.13. The molecule has 0 aliphatic rings. The predicted molar refractivity (Wildman–Crippen MR) is 70.0 cm³/mol. The topological polar surface area (TPSA) is 87.7 Å². The molecule has 0 unspecified atom stereocenters. The zero-order valence-electron chi connectivity index (χ0n) is 10.2. The summed E-state index contributed by atoms with van der Waals surface area (Å²) in [6.07, 6.45) is 5.50. The number of amides is 2. The van der Waals surface area contributed by atoms with E-state index in [1.165, 1.54) is 0 Å². The molecule has 0 aliphatic carbocycles. The molecular formula is C13H14N2O4. The summed E-state index contributed by atoms with van der Waals surface area (Å²) in [4.78, 5) is 22.0. The highest BCUT2D eigenvalue weighted by molar-refractivity contribution is 5.90. The number of hydrogen-bond donors (Lipinski definition) is 3. The van der Waals surface area contributed by atoms with Crippen LogP contribution in [-0.2, 0) is 4.79 Å². The Morgan fingerprint density at radius 3 is 2.79 bits per heavy atom. The highest BCUT2D eigenvalue weighted by Crippen LogP contribution is 2.23. The quantitative estimate of drug-likeness (QED) is 0.532. The number of urea groups is 1. The second-order valence-electron chi connectivity index (χ2n) is 3.51. The molecule has 0 spiro atoms. The van der Waals surface area contributed by atoms with E-state index in [2.05, 4.69) is 16.6 Å². The Bertz CT molecular complexity index is 494. The molecule has 0 atom stereocenters. The lowest BCUT2D eigenvalue weighted by molar-refractivity contribution is -0.139. The van der Waals surface area contributed by atoms with E-state index < -0.39 is 18.6 Å². The molecule has 1 rings (SSSR count). The van der Waals surface area contributed by atoms with Gasteiger partial charge in [0.2, 0.25) is 0 Å². The SMILES string of the molecule is C#CCCNC(=O)Nc1ccccc1OCC(=O)O. The fourth-order valence-electron chi connectivity index (χ4n) is 1.25. The van der Waals surface area contributed by atoms with Gasteiger partial charge in [-0.25, -0.2) is 9.59 Å². The van der Waals surface area contributed by atoms with Crippen molar-refractivity contribution < 1.29 is 19.4 Å². The van der Waals surface area contributed by atoms with Gasteiger partial charge in [-0.15, -0.1) is 12.3 Å². The van der Waals surface area contributed by atoms with Gasteiger partial charge < -0.3 is 20.5 Å². The Hall–Kier alpha value is -2.68. The van der Waals surface area contributed by atoms with Gasteiger partial charge in [0.25, 0.3) is 0 Å². The number of anilines is 1. The van der Waals surface area contributed by atoms with Crippen molar-refractivity contribution in [2.45, 2.75) is 6.42 Å². The summed E-state index contributed by atoms with van der Waals surface area (Å²) in [5.74, 6) is 1.60. The van der Waals surface area contributed by atoms with E-state index in [4.69, 9.17) is 16.3 Å². The van der Waals surface area contributed by atoms with Gasteiger partial charge in [-0.05, 0) is 12.1 Å². The molecular weight excluding hydrogens is 248 g/mol. The third-order valence-electron chi connectivity index (χ3n) is 2.04. The first kappa shape index (κ1) is 14.4. The number of hydrogen-bond acceptors (Lipinski definition) is 3. The first-order valence-electron chi connectivity index (χ1n) is 5.55. The fraction of sp³-hybridized carbons (Fsp3) is 0.231. The summed E-state index contributed by atoms with van der Waals surface area (Å²) in [6, 6.07) is 6.13. The van der Waals surface area contributed by atoms with E-state index in [-0.39, 0.29) is 5.75 Å². The molecule has 2 amide bonds. The summed E-state index contributed by atoms with van der Waals surface area (Å²) in [5.41, 5.74) is 0.391. The third-order valence-corrected chi connectivity index (χ3v) is 2.04. The van der Waals surface area contributed by atoms with Gasteiger partial charge in [0.1, 0.15) is 5.75 Å². The zero-order chi connectivity index (χ0) is 14.1. The number of benzene rings is 1. The number of carbonyl (C=O) groups excluding carboxylic acids is 1. The van der Waals surface area contributed by atoms with Gasteiger partial charge in [0, 0.05) is 13.0 Å². The van der Waals surface area contributed by atoms with Crippen molar-refractivity contribution in [2.75, 3.05) is 18.5 Å². The maximum atomic E-state index is 11.5. The molecule has 0 radical (unpaired) electrons. The van der Waals surface area contributed by atoms with Crippen LogP contribution in [-0.4, -0.2) is 30.3 Å². The highest BCUT2D eigenvalue weighted by Gasteiger charge is 2.08. The summed E-state index contributed by atoms with van der Waals surface area (Å²) in [7, 11) is 0. The molecule has 6 heteroatoms. The normalized spacial score (nSPS) is 9.21. The molecule has 19 heavy (non-hydrogen) atoms. The van der Waals surface area contributed by atoms with Gasteiger partial charge >= 0.3 is 12.0 Å². The minimum Gasteiger partial charge on any atom is -0.480 e. The third kappa shape index (κ3) is 5.46. The second-order valence-corrected chi connectivity index (χ2v) is 3.51. The molecule has 0 saturated carbocycles. The molecule has 0 heterocycles. The van der Waals surface area contributed by atoms with Crippen molar-refractivity contribution in [3.8, 4) is 18.1 Å². The zero-order valence-corrected chi connectivity index (χ0v) is 10.2. The van der Waals surface area contributed by atoms with Gasteiger partial charge in [-0.1, -0.05) is 12.1 Å². The van der Waals surface area contributed by atoms with Gasteiger partial charge in [0.15, 0.2) is 6.61 Å². The number of rotatable bonds is 6. The molecule has 0 fully saturated rings. The first-order valence-corrected chi connectivity index (χ1v) is 5.55. The van der Waals surface area contributed by atoms with Crippen molar-refractivity contribution in [2.24, 2.45) is 0 Å². The maximum Gasteiger partial charge on any atom is 0.341 e. The van der Waals surface area contributed by atoms with Crippen LogP contribution in [0.2, 0.25) is 0 Å². The number of carboxylic acids is 1. The summed E-state index contributed by atoms with van der Waals surface area (Å²) < 4.78 is 5.05. The van der Waals surface area contributed by atoms with Crippen molar-refractivity contribution in [3.05, 3.63) is 24.3 Å². The summed E-state index contributed by atoms with van der Waals surface area (Å²) in [5, 5.41) is 13.7. The molecule has 0 aliphatic heterocycles. The minimum absolute atomic E-state index is 0.289. The Labute approximate surface area is 110 Å². The van der Waals surface area contributed by atoms with Crippen molar-refractivity contribution in [3.63, 3.8) is 0 Å². The molecule has 0 aromatic heterocycles. The Morgan fingerprint density at radius 1 is 1.37 bits per heavy atom. The lowest BCUT2D eigenvalue weighted by Crippen LogP contribution is -2.29. The molecule has 1 aromatic carbocycles. The summed E-state index contributed by atoms with van der Waals surface area (Å²) >= 11 is 0. The van der Waals surface area contributed by atoms with E-state index in [0.717, 1.165) is 0 Å². The van der Waals surface area contributed by atoms with Gasteiger partial charge in [-0.3, -0.25) is 0 Å².